The minimum Gasteiger partial charge on any atom is -0.469 e. The van der Waals surface area contributed by atoms with Gasteiger partial charge in [-0.25, -0.2) is 0 Å². The molecule has 1 aliphatic rings. The van der Waals surface area contributed by atoms with E-state index < -0.39 is 0 Å². The summed E-state index contributed by atoms with van der Waals surface area (Å²) in [4.78, 5) is 23.7. The van der Waals surface area contributed by atoms with Gasteiger partial charge < -0.3 is 15.1 Å². The molecule has 3 rings (SSSR count). The molecule has 0 bridgehead atoms. The Bertz CT molecular complexity index is 707. The van der Waals surface area contributed by atoms with Gasteiger partial charge in [-0.1, -0.05) is 0 Å². The summed E-state index contributed by atoms with van der Waals surface area (Å²) >= 11 is 0. The van der Waals surface area contributed by atoms with Crippen molar-refractivity contribution in [3.8, 4) is 0 Å². The third kappa shape index (κ3) is 3.80. The fourth-order valence-corrected chi connectivity index (χ4v) is 2.72. The van der Waals surface area contributed by atoms with Crippen LogP contribution in [0.3, 0.4) is 0 Å². The van der Waals surface area contributed by atoms with Crippen molar-refractivity contribution < 1.29 is 14.0 Å². The minimum absolute atomic E-state index is 0.0289. The number of hydrogen-bond acceptors (Lipinski definition) is 3. The van der Waals surface area contributed by atoms with Crippen LogP contribution in [0.4, 0.5) is 5.69 Å². The van der Waals surface area contributed by atoms with Gasteiger partial charge in [-0.2, -0.15) is 0 Å². The van der Waals surface area contributed by atoms with Crippen molar-refractivity contribution in [1.82, 2.24) is 5.32 Å². The molecular weight excluding hydrogens is 292 g/mol. The van der Waals surface area contributed by atoms with Gasteiger partial charge in [-0.15, -0.1) is 0 Å². The monoisotopic (exact) mass is 312 g/mol. The lowest BCUT2D eigenvalue weighted by molar-refractivity contribution is -0.116. The highest BCUT2D eigenvalue weighted by atomic mass is 16.3. The molecule has 0 radical (unpaired) electrons. The van der Waals surface area contributed by atoms with Crippen LogP contribution in [0.2, 0.25) is 0 Å². The van der Waals surface area contributed by atoms with E-state index in [-0.39, 0.29) is 17.9 Å². The third-order valence-electron chi connectivity index (χ3n) is 4.04. The normalized spacial score (nSPS) is 14.7. The summed E-state index contributed by atoms with van der Waals surface area (Å²) in [6.45, 7) is 1.99. The van der Waals surface area contributed by atoms with Gasteiger partial charge in [0.25, 0.3) is 5.91 Å². The highest BCUT2D eigenvalue weighted by molar-refractivity contribution is 5.98. The molecule has 120 valence electrons. The molecule has 0 aliphatic carbocycles. The van der Waals surface area contributed by atoms with E-state index in [0.29, 0.717) is 18.4 Å². The van der Waals surface area contributed by atoms with Crippen LogP contribution < -0.4 is 10.6 Å². The number of benzene rings is 1. The SMILES string of the molecule is C[C@H](CCc1ccco1)NC(=O)c1ccc2c(c1)CCC(=O)N2. The van der Waals surface area contributed by atoms with E-state index >= 15 is 0 Å². The topological polar surface area (TPSA) is 71.3 Å². The molecule has 0 unspecified atom stereocenters. The Labute approximate surface area is 135 Å². The van der Waals surface area contributed by atoms with Crippen LogP contribution in [0.1, 0.15) is 41.4 Å². The van der Waals surface area contributed by atoms with Crippen LogP contribution in [0.5, 0.6) is 0 Å². The molecule has 2 amide bonds. The number of rotatable bonds is 5. The third-order valence-corrected chi connectivity index (χ3v) is 4.04. The van der Waals surface area contributed by atoms with Gasteiger partial charge >= 0.3 is 0 Å². The lowest BCUT2D eigenvalue weighted by Crippen LogP contribution is -2.33. The van der Waals surface area contributed by atoms with Crippen LogP contribution in [0.25, 0.3) is 0 Å². The van der Waals surface area contributed by atoms with Gasteiger partial charge in [0.2, 0.25) is 5.91 Å². The second kappa shape index (κ2) is 6.69. The largest absolute Gasteiger partial charge is 0.469 e. The fourth-order valence-electron chi connectivity index (χ4n) is 2.72. The molecule has 0 saturated heterocycles. The van der Waals surface area contributed by atoms with Crippen molar-refractivity contribution in [2.75, 3.05) is 5.32 Å². The summed E-state index contributed by atoms with van der Waals surface area (Å²) in [5, 5.41) is 5.83. The second-order valence-corrected chi connectivity index (χ2v) is 5.91. The first kappa shape index (κ1) is 15.3. The van der Waals surface area contributed by atoms with Crippen LogP contribution in [0, 0.1) is 0 Å². The summed E-state index contributed by atoms with van der Waals surface area (Å²) in [6.07, 6.45) is 4.42. The van der Waals surface area contributed by atoms with Gasteiger partial charge in [-0.3, -0.25) is 9.59 Å². The van der Waals surface area contributed by atoms with Crippen LogP contribution >= 0.6 is 0 Å². The quantitative estimate of drug-likeness (QED) is 0.891. The number of aryl methyl sites for hydroxylation is 2. The van der Waals surface area contributed by atoms with Crippen molar-refractivity contribution >= 4 is 17.5 Å². The molecule has 0 spiro atoms. The van der Waals surface area contributed by atoms with Gasteiger partial charge in [0.15, 0.2) is 0 Å². The lowest BCUT2D eigenvalue weighted by atomic mass is 10.00. The average Bonchev–Trinajstić information content (AvgIpc) is 3.05. The number of fused-ring (bicyclic) bond motifs is 1. The second-order valence-electron chi connectivity index (χ2n) is 5.91. The summed E-state index contributed by atoms with van der Waals surface area (Å²) in [7, 11) is 0. The highest BCUT2D eigenvalue weighted by Crippen LogP contribution is 2.23. The van der Waals surface area contributed by atoms with E-state index in [2.05, 4.69) is 10.6 Å². The predicted molar refractivity (Wildman–Crippen MR) is 87.3 cm³/mol. The zero-order valence-corrected chi connectivity index (χ0v) is 13.1. The molecular formula is C18H20N2O3. The Morgan fingerprint density at radius 1 is 1.35 bits per heavy atom. The summed E-state index contributed by atoms with van der Waals surface area (Å²) in [6, 6.07) is 9.27. The van der Waals surface area contributed by atoms with Crippen LogP contribution in [-0.4, -0.2) is 17.9 Å². The molecule has 2 heterocycles. The number of carbonyl (C=O) groups is 2. The lowest BCUT2D eigenvalue weighted by Gasteiger charge is -2.18. The summed E-state index contributed by atoms with van der Waals surface area (Å²) in [5.74, 6) is 0.869. The van der Waals surface area contributed by atoms with Crippen LogP contribution in [0.15, 0.2) is 41.0 Å². The Kier molecular flexibility index (Phi) is 4.46. The molecule has 23 heavy (non-hydrogen) atoms. The first-order chi connectivity index (χ1) is 11.1. The molecule has 0 saturated carbocycles. The Hall–Kier alpha value is -2.56. The minimum atomic E-state index is -0.0864. The molecule has 5 heteroatoms. The maximum Gasteiger partial charge on any atom is 0.251 e. The van der Waals surface area contributed by atoms with Crippen molar-refractivity contribution in [3.05, 3.63) is 53.5 Å². The van der Waals surface area contributed by atoms with Gasteiger partial charge in [0.1, 0.15) is 5.76 Å². The highest BCUT2D eigenvalue weighted by Gasteiger charge is 2.17. The first-order valence-electron chi connectivity index (χ1n) is 7.88. The number of nitrogens with one attached hydrogen (secondary N) is 2. The maximum absolute atomic E-state index is 12.3. The molecule has 1 atom stereocenters. The summed E-state index contributed by atoms with van der Waals surface area (Å²) in [5.41, 5.74) is 2.45. The molecule has 1 aromatic heterocycles. The summed E-state index contributed by atoms with van der Waals surface area (Å²) < 4.78 is 5.30. The Morgan fingerprint density at radius 2 is 2.22 bits per heavy atom. The Balaban J connectivity index is 1.58. The molecule has 2 N–H and O–H groups in total. The zero-order valence-electron chi connectivity index (χ0n) is 13.1. The average molecular weight is 312 g/mol. The molecule has 0 fully saturated rings. The van der Waals surface area contributed by atoms with E-state index in [0.717, 1.165) is 29.9 Å². The fraction of sp³-hybridized carbons (Fsp3) is 0.333. The van der Waals surface area contributed by atoms with E-state index in [1.54, 1.807) is 18.4 Å². The van der Waals surface area contributed by atoms with Crippen molar-refractivity contribution in [1.29, 1.82) is 0 Å². The number of carbonyl (C=O) groups excluding carboxylic acids is 2. The van der Waals surface area contributed by atoms with E-state index in [1.165, 1.54) is 0 Å². The van der Waals surface area contributed by atoms with Gasteiger partial charge in [-0.05, 0) is 55.7 Å². The zero-order chi connectivity index (χ0) is 16.2. The van der Waals surface area contributed by atoms with Crippen molar-refractivity contribution in [3.63, 3.8) is 0 Å². The smallest absolute Gasteiger partial charge is 0.251 e. The molecule has 5 nitrogen and oxygen atoms in total. The molecule has 1 aromatic carbocycles. The van der Waals surface area contributed by atoms with E-state index in [1.807, 2.05) is 25.1 Å². The standard InChI is InChI=1S/C18H20N2O3/c1-12(4-7-15-3-2-10-23-15)19-18(22)14-5-8-16-13(11-14)6-9-17(21)20-16/h2-3,5,8,10-12H,4,6-7,9H2,1H3,(H,19,22)(H,20,21)/t12-/m1/s1. The van der Waals surface area contributed by atoms with Crippen LogP contribution in [-0.2, 0) is 17.6 Å². The van der Waals surface area contributed by atoms with Crippen molar-refractivity contribution in [2.45, 2.75) is 38.6 Å². The van der Waals surface area contributed by atoms with Crippen molar-refractivity contribution in [2.24, 2.45) is 0 Å². The first-order valence-corrected chi connectivity index (χ1v) is 7.88. The van der Waals surface area contributed by atoms with Gasteiger partial charge in [0.05, 0.1) is 6.26 Å². The Morgan fingerprint density at radius 3 is 3.00 bits per heavy atom. The molecule has 1 aliphatic heterocycles. The number of furan rings is 1. The number of anilines is 1. The van der Waals surface area contributed by atoms with Gasteiger partial charge in [0, 0.05) is 30.1 Å². The predicted octanol–water partition coefficient (Wildman–Crippen LogP) is 2.92. The number of hydrogen-bond donors (Lipinski definition) is 2. The maximum atomic E-state index is 12.3. The van der Waals surface area contributed by atoms with E-state index in [4.69, 9.17) is 4.42 Å². The number of amides is 2. The van der Waals surface area contributed by atoms with E-state index in [9.17, 15) is 9.59 Å². The molecule has 2 aromatic rings.